The molecule has 0 aliphatic rings. The van der Waals surface area contributed by atoms with Gasteiger partial charge in [-0.05, 0) is 35.9 Å². The summed E-state index contributed by atoms with van der Waals surface area (Å²) in [5, 5.41) is 10.2. The molecule has 0 bridgehead atoms. The average molecular weight is 395 g/mol. The molecule has 0 atom stereocenters. The molecule has 0 fully saturated rings. The lowest BCUT2D eigenvalue weighted by Crippen LogP contribution is -2.44. The van der Waals surface area contributed by atoms with Gasteiger partial charge < -0.3 is 5.11 Å². The molecule has 2 aromatic carbocycles. The van der Waals surface area contributed by atoms with Crippen LogP contribution in [-0.2, 0) is 14.8 Å². The number of nitrogens with zero attached hydrogens (tertiary/aromatic N) is 1. The highest BCUT2D eigenvalue weighted by atomic mass is 35.5. The number of sulfonamides is 1. The van der Waals surface area contributed by atoms with E-state index in [1.165, 1.54) is 30.3 Å². The Bertz CT molecular complexity index is 912. The topological polar surface area (TPSA) is 104 Å². The number of halogens is 1. The maximum absolute atomic E-state index is 12.3. The number of carboxylic acids is 1. The van der Waals surface area contributed by atoms with Gasteiger partial charge in [0.15, 0.2) is 0 Å². The van der Waals surface area contributed by atoms with Crippen LogP contribution >= 0.6 is 11.6 Å². The Labute approximate surface area is 155 Å². The van der Waals surface area contributed by atoms with Crippen LogP contribution in [0.25, 0.3) is 6.08 Å². The SMILES string of the molecule is O=C(O)CN(C(=O)NS(=O)(=O)C=Cc1ccccc1)c1ccc(Cl)cc1. The van der Waals surface area contributed by atoms with E-state index < -0.39 is 28.6 Å². The van der Waals surface area contributed by atoms with E-state index in [9.17, 15) is 18.0 Å². The number of aliphatic carboxylic acids is 1. The molecule has 0 aliphatic carbocycles. The predicted octanol–water partition coefficient (Wildman–Crippen LogP) is 2.94. The number of anilines is 1. The number of carbonyl (C=O) groups is 2. The first-order valence-electron chi connectivity index (χ1n) is 7.32. The van der Waals surface area contributed by atoms with Crippen LogP contribution in [-0.4, -0.2) is 32.1 Å². The second-order valence-electron chi connectivity index (χ2n) is 5.12. The molecule has 0 saturated carbocycles. The number of rotatable bonds is 6. The number of nitrogens with one attached hydrogen (secondary N) is 1. The van der Waals surface area contributed by atoms with E-state index in [4.69, 9.17) is 16.7 Å². The van der Waals surface area contributed by atoms with Gasteiger partial charge in [0, 0.05) is 10.7 Å². The Morgan fingerprint density at radius 1 is 1.08 bits per heavy atom. The van der Waals surface area contributed by atoms with Crippen molar-refractivity contribution in [3.8, 4) is 0 Å². The zero-order chi connectivity index (χ0) is 19.2. The van der Waals surface area contributed by atoms with Crippen LogP contribution in [0.15, 0.2) is 60.0 Å². The van der Waals surface area contributed by atoms with E-state index in [0.29, 0.717) is 10.6 Å². The number of benzene rings is 2. The van der Waals surface area contributed by atoms with Gasteiger partial charge in [0.05, 0.1) is 5.41 Å². The lowest BCUT2D eigenvalue weighted by Gasteiger charge is -2.20. The Balaban J connectivity index is 2.18. The average Bonchev–Trinajstić information content (AvgIpc) is 2.59. The fourth-order valence-corrected chi connectivity index (χ4v) is 2.86. The fourth-order valence-electron chi connectivity index (χ4n) is 1.98. The molecule has 26 heavy (non-hydrogen) atoms. The molecular weight excluding hydrogens is 380 g/mol. The molecule has 0 radical (unpaired) electrons. The van der Waals surface area contributed by atoms with Gasteiger partial charge in [0.1, 0.15) is 6.54 Å². The summed E-state index contributed by atoms with van der Waals surface area (Å²) in [6.07, 6.45) is 1.32. The van der Waals surface area contributed by atoms with Gasteiger partial charge in [-0.25, -0.2) is 17.9 Å². The third-order valence-electron chi connectivity index (χ3n) is 3.15. The van der Waals surface area contributed by atoms with E-state index in [2.05, 4.69) is 0 Å². The molecule has 7 nitrogen and oxygen atoms in total. The highest BCUT2D eigenvalue weighted by Crippen LogP contribution is 2.18. The molecule has 0 heterocycles. The fraction of sp³-hybridized carbons (Fsp3) is 0.0588. The van der Waals surface area contributed by atoms with E-state index in [0.717, 1.165) is 10.3 Å². The van der Waals surface area contributed by atoms with Crippen molar-refractivity contribution in [3.05, 3.63) is 70.6 Å². The Morgan fingerprint density at radius 3 is 2.27 bits per heavy atom. The van der Waals surface area contributed by atoms with Crippen LogP contribution in [0, 0.1) is 0 Å². The maximum Gasteiger partial charge on any atom is 0.336 e. The van der Waals surface area contributed by atoms with Crippen LogP contribution in [0.3, 0.4) is 0 Å². The van der Waals surface area contributed by atoms with Crippen LogP contribution in [0.5, 0.6) is 0 Å². The second kappa shape index (κ2) is 8.50. The number of hydrogen-bond acceptors (Lipinski definition) is 4. The summed E-state index contributed by atoms with van der Waals surface area (Å²) in [4.78, 5) is 24.1. The smallest absolute Gasteiger partial charge is 0.336 e. The van der Waals surface area contributed by atoms with Gasteiger partial charge in [-0.2, -0.15) is 0 Å². The lowest BCUT2D eigenvalue weighted by atomic mass is 10.2. The van der Waals surface area contributed by atoms with Gasteiger partial charge in [-0.1, -0.05) is 41.9 Å². The minimum atomic E-state index is -4.12. The van der Waals surface area contributed by atoms with Crippen LogP contribution < -0.4 is 9.62 Å². The molecule has 0 aromatic heterocycles. The van der Waals surface area contributed by atoms with Crippen molar-refractivity contribution >= 4 is 45.4 Å². The first kappa shape index (κ1) is 19.5. The van der Waals surface area contributed by atoms with Crippen molar-refractivity contribution in [2.75, 3.05) is 11.4 Å². The van der Waals surface area contributed by atoms with Gasteiger partial charge >= 0.3 is 12.0 Å². The summed E-state index contributed by atoms with van der Waals surface area (Å²) >= 11 is 5.77. The second-order valence-corrected chi connectivity index (χ2v) is 7.12. The van der Waals surface area contributed by atoms with Crippen molar-refractivity contribution in [1.82, 2.24) is 4.72 Å². The minimum absolute atomic E-state index is 0.191. The molecule has 2 rings (SSSR count). The van der Waals surface area contributed by atoms with Crippen LogP contribution in [0.4, 0.5) is 10.5 Å². The molecule has 0 spiro atoms. The Kier molecular flexibility index (Phi) is 6.37. The molecule has 0 unspecified atom stereocenters. The van der Waals surface area contributed by atoms with Crippen molar-refractivity contribution in [1.29, 1.82) is 0 Å². The number of carboxylic acid groups (broad SMARTS) is 1. The van der Waals surface area contributed by atoms with Crippen LogP contribution in [0.2, 0.25) is 5.02 Å². The van der Waals surface area contributed by atoms with E-state index in [1.54, 1.807) is 30.3 Å². The standard InChI is InChI=1S/C17H15ClN2O5S/c18-14-6-8-15(9-7-14)20(12-16(21)22)17(23)19-26(24,25)11-10-13-4-2-1-3-5-13/h1-11H,12H2,(H,19,23)(H,21,22). The third-order valence-corrected chi connectivity index (χ3v) is 4.35. The third kappa shape index (κ3) is 5.91. The highest BCUT2D eigenvalue weighted by Gasteiger charge is 2.22. The van der Waals surface area contributed by atoms with Gasteiger partial charge in [0.2, 0.25) is 0 Å². The highest BCUT2D eigenvalue weighted by molar-refractivity contribution is 7.93. The first-order chi connectivity index (χ1) is 12.3. The summed E-state index contributed by atoms with van der Waals surface area (Å²) in [7, 11) is -4.12. The van der Waals surface area contributed by atoms with E-state index in [1.807, 2.05) is 4.72 Å². The zero-order valence-electron chi connectivity index (χ0n) is 13.4. The normalized spacial score (nSPS) is 11.3. The predicted molar refractivity (Wildman–Crippen MR) is 99.4 cm³/mol. The summed E-state index contributed by atoms with van der Waals surface area (Å²) in [6.45, 7) is -0.717. The van der Waals surface area contributed by atoms with Crippen LogP contribution in [0.1, 0.15) is 5.56 Å². The summed E-state index contributed by atoms with van der Waals surface area (Å²) < 4.78 is 26.0. The van der Waals surface area contributed by atoms with Gasteiger partial charge in [-0.15, -0.1) is 0 Å². The summed E-state index contributed by atoms with van der Waals surface area (Å²) in [5.74, 6) is -1.30. The van der Waals surface area contributed by atoms with E-state index >= 15 is 0 Å². The van der Waals surface area contributed by atoms with Crippen molar-refractivity contribution < 1.29 is 23.1 Å². The first-order valence-corrected chi connectivity index (χ1v) is 9.24. The number of hydrogen-bond donors (Lipinski definition) is 2. The Morgan fingerprint density at radius 2 is 1.69 bits per heavy atom. The molecule has 0 aliphatic heterocycles. The lowest BCUT2D eigenvalue weighted by molar-refractivity contribution is -0.135. The molecule has 9 heteroatoms. The minimum Gasteiger partial charge on any atom is -0.480 e. The zero-order valence-corrected chi connectivity index (χ0v) is 14.9. The molecule has 2 N–H and O–H groups in total. The molecule has 2 aromatic rings. The van der Waals surface area contributed by atoms with Gasteiger partial charge in [-0.3, -0.25) is 9.69 Å². The molecule has 0 saturated heterocycles. The monoisotopic (exact) mass is 394 g/mol. The Hall–Kier alpha value is -2.84. The molecule has 2 amide bonds. The van der Waals surface area contributed by atoms with Gasteiger partial charge in [0.25, 0.3) is 10.0 Å². The number of amides is 2. The van der Waals surface area contributed by atoms with Crippen molar-refractivity contribution in [2.45, 2.75) is 0 Å². The quantitative estimate of drug-likeness (QED) is 0.783. The largest absolute Gasteiger partial charge is 0.480 e. The number of urea groups is 1. The summed E-state index contributed by atoms with van der Waals surface area (Å²) in [6, 6.07) is 13.3. The summed E-state index contributed by atoms with van der Waals surface area (Å²) in [5.41, 5.74) is 0.821. The molecular formula is C17H15ClN2O5S. The number of carbonyl (C=O) groups excluding carboxylic acids is 1. The molecule has 136 valence electrons. The maximum atomic E-state index is 12.3. The van der Waals surface area contributed by atoms with Crippen molar-refractivity contribution in [2.24, 2.45) is 0 Å². The van der Waals surface area contributed by atoms with Crippen molar-refractivity contribution in [3.63, 3.8) is 0 Å². The van der Waals surface area contributed by atoms with E-state index in [-0.39, 0.29) is 5.69 Å².